The predicted octanol–water partition coefficient (Wildman–Crippen LogP) is -0.176. The number of aromatic amines is 1. The summed E-state index contributed by atoms with van der Waals surface area (Å²) in [6, 6.07) is 0. The van der Waals surface area contributed by atoms with Gasteiger partial charge in [0.05, 0.1) is 11.7 Å². The first-order chi connectivity index (χ1) is 8.77. The predicted molar refractivity (Wildman–Crippen MR) is 66.8 cm³/mol. The van der Waals surface area contributed by atoms with E-state index in [0.717, 1.165) is 12.1 Å². The Hall–Kier alpha value is -1.40. The summed E-state index contributed by atoms with van der Waals surface area (Å²) in [7, 11) is 0. The Balaban J connectivity index is 1.82. The fourth-order valence-corrected chi connectivity index (χ4v) is 2.21. The number of imidazole rings is 1. The number of ether oxygens (including phenoxy) is 1. The monoisotopic (exact) mass is 252 g/mol. The van der Waals surface area contributed by atoms with Crippen LogP contribution in [0, 0.1) is 5.41 Å². The summed E-state index contributed by atoms with van der Waals surface area (Å²) in [5.41, 5.74) is 6.35. The van der Waals surface area contributed by atoms with Crippen molar-refractivity contribution in [2.45, 2.75) is 19.3 Å². The largest absolute Gasteiger partial charge is 0.381 e. The molecule has 1 amide bonds. The molecule has 1 aromatic heterocycles. The molecule has 6 nitrogen and oxygen atoms in total. The Morgan fingerprint density at radius 1 is 1.56 bits per heavy atom. The molecule has 1 saturated heterocycles. The van der Waals surface area contributed by atoms with E-state index >= 15 is 0 Å². The van der Waals surface area contributed by atoms with Gasteiger partial charge in [-0.2, -0.15) is 0 Å². The molecule has 0 spiro atoms. The van der Waals surface area contributed by atoms with Crippen molar-refractivity contribution in [2.24, 2.45) is 11.1 Å². The number of hydrogen-bond donors (Lipinski definition) is 3. The first-order valence-corrected chi connectivity index (χ1v) is 6.30. The van der Waals surface area contributed by atoms with Gasteiger partial charge >= 0.3 is 0 Å². The summed E-state index contributed by atoms with van der Waals surface area (Å²) in [6.45, 7) is 2.21. The Bertz CT molecular complexity index is 371. The second kappa shape index (κ2) is 5.97. The highest BCUT2D eigenvalue weighted by Gasteiger charge is 2.38. The number of nitrogens with two attached hydrogens (primary N) is 1. The maximum atomic E-state index is 12.2. The summed E-state index contributed by atoms with van der Waals surface area (Å²) in [5.74, 6) is 0.0489. The molecule has 100 valence electrons. The molecule has 6 heteroatoms. The van der Waals surface area contributed by atoms with Crippen molar-refractivity contribution >= 4 is 5.91 Å². The normalized spacial score (nSPS) is 18.5. The van der Waals surface area contributed by atoms with Crippen LogP contribution in [0.4, 0.5) is 0 Å². The highest BCUT2D eigenvalue weighted by atomic mass is 16.5. The molecule has 1 aromatic rings. The molecule has 0 radical (unpaired) electrons. The zero-order valence-electron chi connectivity index (χ0n) is 10.4. The van der Waals surface area contributed by atoms with Crippen LogP contribution in [-0.4, -0.2) is 42.2 Å². The third-order valence-corrected chi connectivity index (χ3v) is 3.56. The van der Waals surface area contributed by atoms with Gasteiger partial charge in [-0.25, -0.2) is 4.98 Å². The van der Waals surface area contributed by atoms with Crippen LogP contribution in [0.1, 0.15) is 18.5 Å². The van der Waals surface area contributed by atoms with Gasteiger partial charge in [-0.1, -0.05) is 0 Å². The lowest BCUT2D eigenvalue weighted by Crippen LogP contribution is -2.49. The van der Waals surface area contributed by atoms with Gasteiger partial charge in [0.15, 0.2) is 0 Å². The third kappa shape index (κ3) is 2.88. The van der Waals surface area contributed by atoms with Crippen molar-refractivity contribution in [2.75, 3.05) is 26.3 Å². The molecule has 0 aliphatic carbocycles. The number of carbonyl (C=O) groups is 1. The van der Waals surface area contributed by atoms with Crippen molar-refractivity contribution in [3.8, 4) is 0 Å². The van der Waals surface area contributed by atoms with Crippen molar-refractivity contribution in [3.63, 3.8) is 0 Å². The van der Waals surface area contributed by atoms with Gasteiger partial charge in [0.25, 0.3) is 0 Å². The number of hydrogen-bond acceptors (Lipinski definition) is 4. The molecule has 18 heavy (non-hydrogen) atoms. The van der Waals surface area contributed by atoms with E-state index in [0.29, 0.717) is 39.1 Å². The van der Waals surface area contributed by atoms with Crippen LogP contribution in [0.5, 0.6) is 0 Å². The summed E-state index contributed by atoms with van der Waals surface area (Å²) >= 11 is 0. The Kier molecular flexibility index (Phi) is 4.33. The van der Waals surface area contributed by atoms with Crippen molar-refractivity contribution in [1.82, 2.24) is 15.3 Å². The van der Waals surface area contributed by atoms with E-state index in [1.165, 1.54) is 0 Å². The molecular weight excluding hydrogens is 232 g/mol. The highest BCUT2D eigenvalue weighted by Crippen LogP contribution is 2.29. The molecule has 0 unspecified atom stereocenters. The second-order valence-electron chi connectivity index (χ2n) is 4.68. The minimum absolute atomic E-state index is 0.0489. The first-order valence-electron chi connectivity index (χ1n) is 6.30. The number of nitrogens with one attached hydrogen (secondary N) is 2. The molecule has 1 fully saturated rings. The molecule has 0 bridgehead atoms. The maximum absolute atomic E-state index is 12.2. The van der Waals surface area contributed by atoms with Crippen LogP contribution in [0.3, 0.4) is 0 Å². The van der Waals surface area contributed by atoms with E-state index in [-0.39, 0.29) is 5.91 Å². The molecule has 0 atom stereocenters. The molecule has 4 N–H and O–H groups in total. The molecule has 2 heterocycles. The summed E-state index contributed by atoms with van der Waals surface area (Å²) in [6.07, 6.45) is 5.57. The van der Waals surface area contributed by atoms with Gasteiger partial charge in [0, 0.05) is 44.6 Å². The van der Waals surface area contributed by atoms with E-state index in [9.17, 15) is 4.79 Å². The Labute approximate surface area is 106 Å². The van der Waals surface area contributed by atoms with Crippen LogP contribution in [-0.2, 0) is 16.0 Å². The van der Waals surface area contributed by atoms with Gasteiger partial charge in [-0.15, -0.1) is 0 Å². The standard InChI is InChI=1S/C12H20N4O2/c13-8-12(2-5-18-6-3-12)11(17)15-4-1-10-7-14-9-16-10/h7,9H,1-6,8,13H2,(H,14,16)(H,15,17). The average Bonchev–Trinajstić information content (AvgIpc) is 2.92. The minimum Gasteiger partial charge on any atom is -0.381 e. The van der Waals surface area contributed by atoms with Gasteiger partial charge < -0.3 is 20.8 Å². The average molecular weight is 252 g/mol. The molecule has 0 saturated carbocycles. The van der Waals surface area contributed by atoms with Crippen LogP contribution in [0.2, 0.25) is 0 Å². The first kappa shape index (κ1) is 13.0. The van der Waals surface area contributed by atoms with E-state index < -0.39 is 5.41 Å². The minimum atomic E-state index is -0.438. The van der Waals surface area contributed by atoms with Gasteiger partial charge in [-0.05, 0) is 12.8 Å². The second-order valence-corrected chi connectivity index (χ2v) is 4.68. The van der Waals surface area contributed by atoms with Gasteiger partial charge in [-0.3, -0.25) is 4.79 Å². The lowest BCUT2D eigenvalue weighted by molar-refractivity contribution is -0.135. The zero-order chi connectivity index (χ0) is 12.8. The zero-order valence-corrected chi connectivity index (χ0v) is 10.4. The fraction of sp³-hybridized carbons (Fsp3) is 0.667. The highest BCUT2D eigenvalue weighted by molar-refractivity contribution is 5.83. The summed E-state index contributed by atoms with van der Waals surface area (Å²) < 4.78 is 5.29. The quantitative estimate of drug-likeness (QED) is 0.678. The Morgan fingerprint density at radius 2 is 2.33 bits per heavy atom. The molecule has 1 aliphatic rings. The number of carbonyl (C=O) groups excluding carboxylic acids is 1. The maximum Gasteiger partial charge on any atom is 0.227 e. The smallest absolute Gasteiger partial charge is 0.227 e. The van der Waals surface area contributed by atoms with E-state index in [1.54, 1.807) is 12.5 Å². The summed E-state index contributed by atoms with van der Waals surface area (Å²) in [5, 5.41) is 2.96. The van der Waals surface area contributed by atoms with Crippen molar-refractivity contribution < 1.29 is 9.53 Å². The third-order valence-electron chi connectivity index (χ3n) is 3.56. The van der Waals surface area contributed by atoms with Crippen molar-refractivity contribution in [3.05, 3.63) is 18.2 Å². The lowest BCUT2D eigenvalue weighted by Gasteiger charge is -2.34. The summed E-state index contributed by atoms with van der Waals surface area (Å²) in [4.78, 5) is 19.1. The number of H-pyrrole nitrogens is 1. The van der Waals surface area contributed by atoms with E-state index in [2.05, 4.69) is 15.3 Å². The van der Waals surface area contributed by atoms with E-state index in [1.807, 2.05) is 0 Å². The Morgan fingerprint density at radius 3 is 2.94 bits per heavy atom. The van der Waals surface area contributed by atoms with Crippen LogP contribution in [0.15, 0.2) is 12.5 Å². The molecular formula is C12H20N4O2. The molecule has 0 aromatic carbocycles. The number of amides is 1. The lowest BCUT2D eigenvalue weighted by atomic mass is 9.79. The van der Waals surface area contributed by atoms with E-state index in [4.69, 9.17) is 10.5 Å². The van der Waals surface area contributed by atoms with Gasteiger partial charge in [0.2, 0.25) is 5.91 Å². The number of nitrogens with zero attached hydrogens (tertiary/aromatic N) is 1. The molecule has 1 aliphatic heterocycles. The number of aromatic nitrogens is 2. The van der Waals surface area contributed by atoms with Crippen LogP contribution in [0.25, 0.3) is 0 Å². The fourth-order valence-electron chi connectivity index (χ4n) is 2.21. The van der Waals surface area contributed by atoms with Crippen LogP contribution < -0.4 is 11.1 Å². The number of rotatable bonds is 5. The SMILES string of the molecule is NCC1(C(=O)NCCc2cnc[nH]2)CCOCC1. The molecule has 2 rings (SSSR count). The van der Waals surface area contributed by atoms with Crippen LogP contribution >= 0.6 is 0 Å². The van der Waals surface area contributed by atoms with Crippen molar-refractivity contribution in [1.29, 1.82) is 0 Å². The topological polar surface area (TPSA) is 93.0 Å². The van der Waals surface area contributed by atoms with Gasteiger partial charge in [0.1, 0.15) is 0 Å².